The van der Waals surface area contributed by atoms with Gasteiger partial charge in [-0.3, -0.25) is 19.2 Å². The number of likely N-dealkylation sites (N-methyl/N-ethyl adjacent to an activating group) is 1. The predicted octanol–water partition coefficient (Wildman–Crippen LogP) is 0.830. The molecule has 250 valence electrons. The van der Waals surface area contributed by atoms with Crippen LogP contribution in [0, 0.1) is 0 Å². The Morgan fingerprint density at radius 2 is 1.74 bits per heavy atom. The third-order valence-electron chi connectivity index (χ3n) is 9.09. The van der Waals surface area contributed by atoms with Crippen LogP contribution in [0.1, 0.15) is 31.0 Å². The standard InChI is InChI=1S/C34H44N8O5/c1-4-37-30(43)21-41-23-42(25-8-6-5-7-9-25)34(33(41)46)14-16-40(17-15-34)32(45)29(18-24-10-12-27(47-3)13-11-24)38-31(44)28(35)19-26-20-36-22-39(26)2/h5-13,20,22,28-29H,4,14-19,21,23,35H2,1-3H3,(H,37,43)(H,38,44). The number of piperidine rings is 1. The van der Waals surface area contributed by atoms with Crippen LogP contribution < -0.4 is 26.0 Å². The van der Waals surface area contributed by atoms with Crippen LogP contribution in [0.5, 0.6) is 5.75 Å². The summed E-state index contributed by atoms with van der Waals surface area (Å²) in [6.45, 7) is 3.17. The highest BCUT2D eigenvalue weighted by Crippen LogP contribution is 2.39. The predicted molar refractivity (Wildman–Crippen MR) is 176 cm³/mol. The number of benzene rings is 2. The SMILES string of the molecule is CCNC(=O)CN1CN(c2ccccc2)C2(CCN(C(=O)C(Cc3ccc(OC)cc3)NC(=O)C(N)Cc3cncn3C)CC2)C1=O. The lowest BCUT2D eigenvalue weighted by atomic mass is 9.85. The van der Waals surface area contributed by atoms with Crippen LogP contribution in [0.4, 0.5) is 5.69 Å². The van der Waals surface area contributed by atoms with Gasteiger partial charge in [0, 0.05) is 57.1 Å². The second-order valence-electron chi connectivity index (χ2n) is 12.1. The minimum absolute atomic E-state index is 0.0323. The quantitative estimate of drug-likeness (QED) is 0.262. The fourth-order valence-electron chi connectivity index (χ4n) is 6.44. The summed E-state index contributed by atoms with van der Waals surface area (Å²) in [5.74, 6) is -0.326. The first kappa shape index (κ1) is 33.5. The number of carbonyl (C=O) groups is 4. The highest BCUT2D eigenvalue weighted by atomic mass is 16.5. The van der Waals surface area contributed by atoms with Crippen molar-refractivity contribution in [2.75, 3.05) is 44.9 Å². The number of hydrogen-bond acceptors (Lipinski definition) is 8. The number of imidazole rings is 1. The van der Waals surface area contributed by atoms with E-state index in [1.807, 2.05) is 68.6 Å². The Bertz CT molecular complexity index is 1550. The molecule has 1 spiro atoms. The van der Waals surface area contributed by atoms with Crippen LogP contribution >= 0.6 is 0 Å². The van der Waals surface area contributed by atoms with E-state index in [4.69, 9.17) is 10.5 Å². The molecule has 2 aliphatic heterocycles. The van der Waals surface area contributed by atoms with Gasteiger partial charge in [-0.05, 0) is 49.6 Å². The molecule has 0 radical (unpaired) electrons. The number of likely N-dealkylation sites (tertiary alicyclic amines) is 1. The van der Waals surface area contributed by atoms with E-state index in [2.05, 4.69) is 20.5 Å². The van der Waals surface area contributed by atoms with Crippen LogP contribution in [0.25, 0.3) is 0 Å². The number of nitrogens with two attached hydrogens (primary N) is 1. The Morgan fingerprint density at radius 1 is 1.04 bits per heavy atom. The number of amides is 4. The molecular formula is C34H44N8O5. The molecule has 2 atom stereocenters. The second-order valence-corrected chi connectivity index (χ2v) is 12.1. The molecule has 2 aliphatic rings. The lowest BCUT2D eigenvalue weighted by Gasteiger charge is -2.44. The van der Waals surface area contributed by atoms with Gasteiger partial charge in [0.05, 0.1) is 26.1 Å². The number of anilines is 1. The Labute approximate surface area is 275 Å². The molecule has 5 rings (SSSR count). The van der Waals surface area contributed by atoms with Crippen LogP contribution in [-0.2, 0) is 39.1 Å². The molecule has 13 nitrogen and oxygen atoms in total. The lowest BCUT2D eigenvalue weighted by molar-refractivity contribution is -0.141. The Hall–Kier alpha value is -4.91. The van der Waals surface area contributed by atoms with Crippen LogP contribution in [0.15, 0.2) is 67.1 Å². The fraction of sp³-hybridized carbons (Fsp3) is 0.441. The molecule has 2 aromatic carbocycles. The largest absolute Gasteiger partial charge is 0.497 e. The van der Waals surface area contributed by atoms with Crippen molar-refractivity contribution in [3.05, 3.63) is 78.4 Å². The fourth-order valence-corrected chi connectivity index (χ4v) is 6.44. The first-order valence-corrected chi connectivity index (χ1v) is 16.0. The van der Waals surface area contributed by atoms with Crippen LogP contribution in [-0.4, -0.2) is 101 Å². The monoisotopic (exact) mass is 644 g/mol. The van der Waals surface area contributed by atoms with Crippen molar-refractivity contribution in [3.8, 4) is 5.75 Å². The molecular weight excluding hydrogens is 600 g/mol. The van der Waals surface area contributed by atoms with Gasteiger partial charge >= 0.3 is 0 Å². The average molecular weight is 645 g/mol. The molecule has 2 fully saturated rings. The third-order valence-corrected chi connectivity index (χ3v) is 9.09. The van der Waals surface area contributed by atoms with Gasteiger partial charge in [-0.2, -0.15) is 0 Å². The topological polar surface area (TPSA) is 155 Å². The van der Waals surface area contributed by atoms with E-state index in [0.717, 1.165) is 16.9 Å². The maximum absolute atomic E-state index is 14.1. The molecule has 47 heavy (non-hydrogen) atoms. The molecule has 0 bridgehead atoms. The minimum atomic E-state index is -0.898. The number of nitrogens with one attached hydrogen (secondary N) is 2. The van der Waals surface area contributed by atoms with Crippen LogP contribution in [0.2, 0.25) is 0 Å². The molecule has 2 saturated heterocycles. The van der Waals surface area contributed by atoms with Crippen molar-refractivity contribution in [2.24, 2.45) is 12.8 Å². The molecule has 2 unspecified atom stereocenters. The molecule has 4 N–H and O–H groups in total. The van der Waals surface area contributed by atoms with Gasteiger partial charge in [0.25, 0.3) is 5.91 Å². The number of rotatable bonds is 12. The first-order valence-electron chi connectivity index (χ1n) is 16.0. The Balaban J connectivity index is 1.33. The van der Waals surface area contributed by atoms with Gasteiger partial charge in [-0.15, -0.1) is 0 Å². The normalized spacial score (nSPS) is 17.0. The van der Waals surface area contributed by atoms with Gasteiger partial charge in [-0.1, -0.05) is 30.3 Å². The van der Waals surface area contributed by atoms with Crippen molar-refractivity contribution in [2.45, 2.75) is 50.2 Å². The van der Waals surface area contributed by atoms with Gasteiger partial charge in [0.1, 0.15) is 23.9 Å². The zero-order valence-electron chi connectivity index (χ0n) is 27.2. The summed E-state index contributed by atoms with van der Waals surface area (Å²) in [6.07, 6.45) is 4.58. The summed E-state index contributed by atoms with van der Waals surface area (Å²) in [7, 11) is 3.42. The number of aromatic nitrogens is 2. The van der Waals surface area contributed by atoms with E-state index in [-0.39, 0.29) is 43.8 Å². The summed E-state index contributed by atoms with van der Waals surface area (Å²) in [5, 5.41) is 5.70. The second kappa shape index (κ2) is 14.7. The number of carbonyl (C=O) groups excluding carboxylic acids is 4. The number of para-hydroxylation sites is 1. The van der Waals surface area contributed by atoms with Crippen molar-refractivity contribution < 1.29 is 23.9 Å². The lowest BCUT2D eigenvalue weighted by Crippen LogP contribution is -2.60. The van der Waals surface area contributed by atoms with E-state index < -0.39 is 23.5 Å². The zero-order valence-corrected chi connectivity index (χ0v) is 27.2. The summed E-state index contributed by atoms with van der Waals surface area (Å²) < 4.78 is 7.09. The van der Waals surface area contributed by atoms with Crippen molar-refractivity contribution in [1.82, 2.24) is 30.0 Å². The smallest absolute Gasteiger partial charge is 0.250 e. The van der Waals surface area contributed by atoms with Gasteiger partial charge < -0.3 is 40.4 Å². The summed E-state index contributed by atoms with van der Waals surface area (Å²) in [5.41, 5.74) is 7.93. The van der Waals surface area contributed by atoms with E-state index in [0.29, 0.717) is 38.2 Å². The van der Waals surface area contributed by atoms with Crippen molar-refractivity contribution in [1.29, 1.82) is 0 Å². The highest BCUT2D eigenvalue weighted by molar-refractivity contribution is 5.97. The Kier molecular flexibility index (Phi) is 10.4. The molecule has 4 amide bonds. The summed E-state index contributed by atoms with van der Waals surface area (Å²) in [4.78, 5) is 63.4. The van der Waals surface area contributed by atoms with E-state index >= 15 is 0 Å². The number of aryl methyl sites for hydroxylation is 1. The summed E-state index contributed by atoms with van der Waals surface area (Å²) >= 11 is 0. The maximum atomic E-state index is 14.1. The van der Waals surface area contributed by atoms with Gasteiger partial charge in [0.2, 0.25) is 17.7 Å². The third kappa shape index (κ3) is 7.40. The van der Waals surface area contributed by atoms with Gasteiger partial charge in [0.15, 0.2) is 0 Å². The number of hydrogen-bond donors (Lipinski definition) is 3. The summed E-state index contributed by atoms with van der Waals surface area (Å²) in [6, 6.07) is 15.3. The number of methoxy groups -OCH3 is 1. The molecule has 3 heterocycles. The Morgan fingerprint density at radius 3 is 2.36 bits per heavy atom. The molecule has 0 aliphatic carbocycles. The van der Waals surface area contributed by atoms with E-state index in [9.17, 15) is 19.2 Å². The molecule has 0 saturated carbocycles. The number of nitrogens with zero attached hydrogens (tertiary/aromatic N) is 5. The van der Waals surface area contributed by atoms with E-state index in [1.165, 1.54) is 0 Å². The van der Waals surface area contributed by atoms with Gasteiger partial charge in [-0.25, -0.2) is 4.98 Å². The zero-order chi connectivity index (χ0) is 33.6. The van der Waals surface area contributed by atoms with Crippen molar-refractivity contribution in [3.63, 3.8) is 0 Å². The number of ether oxygens (including phenoxy) is 1. The maximum Gasteiger partial charge on any atom is 0.250 e. The van der Waals surface area contributed by atoms with Crippen molar-refractivity contribution >= 4 is 29.3 Å². The minimum Gasteiger partial charge on any atom is -0.497 e. The molecule has 13 heteroatoms. The molecule has 1 aromatic heterocycles. The molecule has 3 aromatic rings. The average Bonchev–Trinajstić information content (AvgIpc) is 3.60. The van der Waals surface area contributed by atoms with Crippen LogP contribution in [0.3, 0.4) is 0 Å². The highest BCUT2D eigenvalue weighted by Gasteiger charge is 2.54. The first-order chi connectivity index (χ1) is 22.6. The van der Waals surface area contributed by atoms with E-state index in [1.54, 1.807) is 34.0 Å².